The molecule has 0 saturated carbocycles. The normalized spacial score (nSPS) is 11.6. The van der Waals surface area contributed by atoms with Gasteiger partial charge in [-0.2, -0.15) is 0 Å². The summed E-state index contributed by atoms with van der Waals surface area (Å²) in [6, 6.07) is 0. The highest BCUT2D eigenvalue weighted by atomic mass is 35.5. The lowest BCUT2D eigenvalue weighted by Gasteiger charge is -1.99. The molecule has 0 aromatic carbocycles. The second kappa shape index (κ2) is 5.32. The minimum absolute atomic E-state index is 0.556. The maximum Gasteiger partial charge on any atom is 0.367 e. The van der Waals surface area contributed by atoms with Crippen molar-refractivity contribution < 1.29 is 4.92 Å². The number of alkyl halides is 4. The molecule has 0 fully saturated rings. The van der Waals surface area contributed by atoms with Crippen LogP contribution in [0.2, 0.25) is 0 Å². The molecule has 0 N–H and O–H groups in total. The van der Waals surface area contributed by atoms with Gasteiger partial charge in [0.2, 0.25) is 0 Å². The zero-order chi connectivity index (χ0) is 10.6. The van der Waals surface area contributed by atoms with Gasteiger partial charge in [0.05, 0.1) is 4.92 Å². The van der Waals surface area contributed by atoms with Gasteiger partial charge in [-0.1, -0.05) is 0 Å². The number of nitro groups is 1. The topological polar surface area (TPSA) is 43.1 Å². The molecule has 0 spiro atoms. The third-order valence-corrected chi connectivity index (χ3v) is 0.597. The molecule has 0 unspecified atom stereocenters. The van der Waals surface area contributed by atoms with Gasteiger partial charge in [-0.25, -0.2) is 0 Å². The van der Waals surface area contributed by atoms with Gasteiger partial charge < -0.3 is 0 Å². The highest BCUT2D eigenvalue weighted by molar-refractivity contribution is 6.47. The lowest BCUT2D eigenvalue weighted by atomic mass is 10.6. The fraction of sp³-hybridized carbons (Fsp3) is 1.00. The van der Waals surface area contributed by atoms with Crippen LogP contribution in [0.1, 0.15) is 20.8 Å². The molecule has 0 amide bonds. The highest BCUT2D eigenvalue weighted by Gasteiger charge is 2.29. The fourth-order valence-electron chi connectivity index (χ4n) is 0. The molecule has 3 nitrogen and oxygen atoms in total. The first kappa shape index (κ1) is 15.1. The van der Waals surface area contributed by atoms with Gasteiger partial charge in [0.15, 0.2) is 0 Å². The molecule has 0 rings (SSSR count). The number of hydrogen-bond acceptors (Lipinski definition) is 2. The summed E-state index contributed by atoms with van der Waals surface area (Å²) in [5.74, 6) is 0. The summed E-state index contributed by atoms with van der Waals surface area (Å²) in [6.07, 6.45) is 0. The molecule has 0 aliphatic carbocycles. The van der Waals surface area contributed by atoms with Gasteiger partial charge in [-0.05, 0) is 37.0 Å². The maximum absolute atomic E-state index is 9.56. The van der Waals surface area contributed by atoms with E-state index < -0.39 is 13.7 Å². The Morgan fingerprint density at radius 1 is 1.08 bits per heavy atom. The Morgan fingerprint density at radius 2 is 1.17 bits per heavy atom. The predicted octanol–water partition coefficient (Wildman–Crippen LogP) is 3.61. The largest absolute Gasteiger partial charge is 0.367 e. The van der Waals surface area contributed by atoms with E-state index in [0.29, 0.717) is 0 Å². The summed E-state index contributed by atoms with van der Waals surface area (Å²) < 4.78 is -2.39. The van der Waals surface area contributed by atoms with Crippen molar-refractivity contribution in [3.63, 3.8) is 0 Å². The van der Waals surface area contributed by atoms with Crippen molar-refractivity contribution in [2.45, 2.75) is 29.6 Å². The van der Waals surface area contributed by atoms with Gasteiger partial charge in [0, 0.05) is 6.92 Å². The third kappa shape index (κ3) is 22.4. The molecule has 0 bridgehead atoms. The van der Waals surface area contributed by atoms with Crippen LogP contribution >= 0.6 is 46.4 Å². The van der Waals surface area contributed by atoms with E-state index in [-0.39, 0.29) is 0 Å². The molecule has 0 atom stereocenters. The van der Waals surface area contributed by atoms with Crippen LogP contribution in [0.25, 0.3) is 0 Å². The first-order chi connectivity index (χ1) is 4.94. The second-order valence-corrected chi connectivity index (χ2v) is 6.18. The summed E-state index contributed by atoms with van der Waals surface area (Å²) >= 11 is 20.5. The molecule has 0 heterocycles. The van der Waals surface area contributed by atoms with E-state index in [1.54, 1.807) is 13.8 Å². The van der Waals surface area contributed by atoms with E-state index in [9.17, 15) is 10.1 Å². The first-order valence-electron chi connectivity index (χ1n) is 2.84. The molecule has 0 saturated heterocycles. The highest BCUT2D eigenvalue weighted by Crippen LogP contribution is 2.18. The Balaban J connectivity index is 0. The summed E-state index contributed by atoms with van der Waals surface area (Å²) in [7, 11) is 0. The molecular weight excluding hydrogens is 248 g/mol. The Hall–Kier alpha value is 0.560. The van der Waals surface area contributed by atoms with E-state index in [1.165, 1.54) is 0 Å². The van der Waals surface area contributed by atoms with Crippen LogP contribution < -0.4 is 0 Å². The van der Waals surface area contributed by atoms with Gasteiger partial charge >= 0.3 is 4.46 Å². The second-order valence-electron chi connectivity index (χ2n) is 2.43. The van der Waals surface area contributed by atoms with Gasteiger partial charge in [-0.15, -0.1) is 23.2 Å². The van der Waals surface area contributed by atoms with Crippen molar-refractivity contribution in [1.82, 2.24) is 0 Å². The van der Waals surface area contributed by atoms with Crippen molar-refractivity contribution in [2.75, 3.05) is 0 Å². The lowest BCUT2D eigenvalue weighted by Crippen LogP contribution is -2.18. The molecule has 74 valence electrons. The minimum atomic E-state index is -1.83. The van der Waals surface area contributed by atoms with Crippen molar-refractivity contribution in [2.24, 2.45) is 0 Å². The van der Waals surface area contributed by atoms with E-state index in [1.807, 2.05) is 0 Å². The Labute approximate surface area is 91.1 Å². The van der Waals surface area contributed by atoms with E-state index in [2.05, 4.69) is 0 Å². The minimum Gasteiger partial charge on any atom is -0.261 e. The number of hydrogen-bond donors (Lipinski definition) is 0. The standard InChI is InChI=1S/C3H6Cl2.C2H3Cl2NO2/c1-3(2,4)5;1-2(3,4)5(6)7/h1-2H3;1H3. The van der Waals surface area contributed by atoms with Crippen molar-refractivity contribution in [1.29, 1.82) is 0 Å². The zero-order valence-corrected chi connectivity index (χ0v) is 9.80. The number of nitrogens with zero attached hydrogens (tertiary/aromatic N) is 1. The van der Waals surface area contributed by atoms with Crippen LogP contribution in [-0.2, 0) is 0 Å². The molecule has 0 aromatic rings. The molecular formula is C5H9Cl4NO2. The van der Waals surface area contributed by atoms with E-state index in [4.69, 9.17) is 46.4 Å². The fourth-order valence-corrected chi connectivity index (χ4v) is 0. The Morgan fingerprint density at radius 3 is 1.17 bits per heavy atom. The van der Waals surface area contributed by atoms with Crippen LogP contribution in [0.3, 0.4) is 0 Å². The summed E-state index contributed by atoms with van der Waals surface area (Å²) in [5, 5.41) is 9.56. The SMILES string of the molecule is CC(C)(Cl)Cl.CC(Cl)(Cl)[N+](=O)[O-]. The van der Waals surface area contributed by atoms with Crippen molar-refractivity contribution in [3.05, 3.63) is 10.1 Å². The molecule has 0 aliphatic heterocycles. The molecule has 0 aliphatic rings. The summed E-state index contributed by atoms with van der Waals surface area (Å²) in [4.78, 5) is 8.78. The van der Waals surface area contributed by atoms with Crippen LogP contribution in [0.4, 0.5) is 0 Å². The molecule has 0 aromatic heterocycles. The molecule has 7 heteroatoms. The predicted molar refractivity (Wildman–Crippen MR) is 52.9 cm³/mol. The molecule has 0 radical (unpaired) electrons. The summed E-state index contributed by atoms with van der Waals surface area (Å²) in [6.45, 7) is 4.53. The van der Waals surface area contributed by atoms with Gasteiger partial charge in [-0.3, -0.25) is 10.1 Å². The number of rotatable bonds is 1. The van der Waals surface area contributed by atoms with Gasteiger partial charge in [0.1, 0.15) is 4.33 Å². The first-order valence-corrected chi connectivity index (χ1v) is 4.36. The number of halogens is 4. The lowest BCUT2D eigenvalue weighted by molar-refractivity contribution is -0.511. The summed E-state index contributed by atoms with van der Waals surface area (Å²) in [5.41, 5.74) is 0. The molecule has 12 heavy (non-hydrogen) atoms. The van der Waals surface area contributed by atoms with Crippen LogP contribution in [0.5, 0.6) is 0 Å². The maximum atomic E-state index is 9.56. The third-order valence-electron chi connectivity index (χ3n) is 0.321. The van der Waals surface area contributed by atoms with E-state index in [0.717, 1.165) is 6.92 Å². The van der Waals surface area contributed by atoms with Crippen LogP contribution in [0, 0.1) is 10.1 Å². The monoisotopic (exact) mass is 255 g/mol. The zero-order valence-electron chi connectivity index (χ0n) is 6.78. The van der Waals surface area contributed by atoms with Gasteiger partial charge in [0.25, 0.3) is 0 Å². The van der Waals surface area contributed by atoms with Crippen molar-refractivity contribution >= 4 is 46.4 Å². The van der Waals surface area contributed by atoms with Crippen molar-refractivity contribution in [3.8, 4) is 0 Å². The Kier molecular flexibility index (Phi) is 6.68. The average Bonchev–Trinajstić information content (AvgIpc) is 1.55. The smallest absolute Gasteiger partial charge is 0.261 e. The average molecular weight is 257 g/mol. The Bertz CT molecular complexity index is 143. The van der Waals surface area contributed by atoms with E-state index >= 15 is 0 Å². The quantitative estimate of drug-likeness (QED) is 0.311. The van der Waals surface area contributed by atoms with Crippen LogP contribution in [0.15, 0.2) is 0 Å². The van der Waals surface area contributed by atoms with Crippen LogP contribution in [-0.4, -0.2) is 13.7 Å².